The molecule has 0 saturated carbocycles. The Kier molecular flexibility index (Phi) is 55.5. The summed E-state index contributed by atoms with van der Waals surface area (Å²) in [7, 11) is -48.4. The standard InChI is InChI=1S/C72H144N8O60Si8/c81-25-33(89)41(97)49(105)57(113)65(121)73-9-1-17-141-129-142(18-2-10-74-66(122)58(114)50(106)42(98)34(90)26-82)132-145(21-5-13-77-69(125)61(117)53(109)45(101)37(93)29-85)134-143(130-141,19-3-11-75-67(123)59(115)51(107)43(99)35(91)27-83)136-147(23-7-15-79-71(127)63(119)55(111)47(103)39(95)31-87)137-144(131-141,20-4-12-76-68(124)60(116)52(108)44(100)36(92)28-84)135-146(133-142,22-6-14-78-70(126)62(118)54(110)46(102)38(94)30-86)139-148(138-145,140-147)24-8-16-80-72(128)64(120)56(112)48(104)40(96)32-88/h33-64,81-120H,1-32H2,(H,73,121)(H,74,122)(H,75,123)(H,76,124)(H,77,125)(H,78,126)(H,79,127)(H,80,128). The first-order valence-corrected chi connectivity index (χ1v) is 62.0. The van der Waals surface area contributed by atoms with Crippen molar-refractivity contribution in [2.75, 3.05) is 105 Å². The summed E-state index contributed by atoms with van der Waals surface area (Å²) in [5, 5.41) is 438. The third-order valence-electron chi connectivity index (χ3n) is 23.6. The van der Waals surface area contributed by atoms with Crippen LogP contribution < -0.4 is 42.5 Å². The van der Waals surface area contributed by atoms with E-state index < -0.39 is 518 Å². The van der Waals surface area contributed by atoms with E-state index in [-0.39, 0.29) is 0 Å². The lowest BCUT2D eigenvalue weighted by atomic mass is 10.0. The Labute approximate surface area is 848 Å². The normalized spacial score (nSPS) is 28.9. The van der Waals surface area contributed by atoms with Crippen LogP contribution >= 0.6 is 0 Å². The van der Waals surface area contributed by atoms with Gasteiger partial charge in [0.2, 0.25) is 0 Å². The predicted octanol–water partition coefficient (Wildman–Crippen LogP) is -28.7. The number of hydrogen-bond acceptors (Lipinski definition) is 60. The zero-order valence-electron chi connectivity index (χ0n) is 79.2. The number of carbonyl (C=O) groups excluding carboxylic acids is 8. The molecule has 0 aromatic rings. The first kappa shape index (κ1) is 134. The smallest absolute Gasteiger partial charge is 0.394 e. The highest BCUT2D eigenvalue weighted by Crippen LogP contribution is 2.55. The van der Waals surface area contributed by atoms with E-state index in [1.807, 2.05) is 0 Å². The average Bonchev–Trinajstić information content (AvgIpc) is 0.683. The number of rotatable bonds is 72. The van der Waals surface area contributed by atoms with E-state index in [9.17, 15) is 243 Å². The SMILES string of the molecule is O=C(NCCC[Si]12O[Si]3(CCCNC(=O)C(O)C(O)C(O)C(O)CO)O[Si]4(CCCNC(=O)C(O)C(O)C(O)C(O)CO)O[Si](CCCNC(=O)C(O)C(O)C(O)C(O)CO)(O1)O[Si]1(CCCNC(=O)C(O)C(O)C(O)C(O)CO)O[Si](CCCNC(=O)C(O)C(O)C(O)C(O)CO)(O2)O[Si](CCCNC(=O)C(O)C(O)C(O)C(O)CO)(O3)O[Si](CCCNC(=O)C(O)C(O)C(O)C(O)CO)(O4)O1)C(O)C(O)C(O)C(O)CO. The lowest BCUT2D eigenvalue weighted by Gasteiger charge is -2.63. The minimum absolute atomic E-state index is 0.775. The van der Waals surface area contributed by atoms with E-state index in [0.29, 0.717) is 0 Å². The van der Waals surface area contributed by atoms with Crippen LogP contribution in [0.2, 0.25) is 48.4 Å². The summed E-state index contributed by atoms with van der Waals surface area (Å²) < 4.78 is 90.7. The molecule has 148 heavy (non-hydrogen) atoms. The Bertz CT molecular complexity index is 3240. The second-order valence-corrected chi connectivity index (χ2v) is 60.0. The van der Waals surface area contributed by atoms with Crippen LogP contribution in [0.25, 0.3) is 0 Å². The molecule has 0 aromatic carbocycles. The molecule has 32 atom stereocenters. The van der Waals surface area contributed by atoms with Gasteiger partial charge in [0.1, 0.15) is 146 Å². The fraction of sp³-hybridized carbons (Fsp3) is 0.889. The van der Waals surface area contributed by atoms with Gasteiger partial charge >= 0.3 is 70.4 Å². The van der Waals surface area contributed by atoms with E-state index in [2.05, 4.69) is 42.5 Å². The number of amides is 8. The largest absolute Gasteiger partial charge is 0.478 e. The number of nitrogens with one attached hydrogen (secondary N) is 8. The van der Waals surface area contributed by atoms with E-state index in [4.69, 9.17) is 49.4 Å². The van der Waals surface area contributed by atoms with Gasteiger partial charge in [0, 0.05) is 101 Å². The molecule has 6 saturated heterocycles. The molecule has 6 heterocycles. The van der Waals surface area contributed by atoms with Gasteiger partial charge in [-0.15, -0.1) is 0 Å². The van der Waals surface area contributed by atoms with Crippen LogP contribution in [0.15, 0.2) is 0 Å². The number of carbonyl (C=O) groups is 8. The Morgan fingerprint density at radius 1 is 0.149 bits per heavy atom. The molecule has 0 spiro atoms. The molecule has 6 aliphatic rings. The third-order valence-corrected chi connectivity index (χ3v) is 61.2. The molecular formula is C72H144N8O60Si8. The summed E-state index contributed by atoms with van der Waals surface area (Å²) in [5.74, 6) is -12.7. The van der Waals surface area contributed by atoms with E-state index in [1.165, 1.54) is 0 Å². The van der Waals surface area contributed by atoms with E-state index in [0.717, 1.165) is 0 Å². The van der Waals surface area contributed by atoms with Crippen molar-refractivity contribution in [1.29, 1.82) is 0 Å². The maximum Gasteiger partial charge on any atom is 0.478 e. The minimum atomic E-state index is -6.06. The van der Waals surface area contributed by atoms with Crippen molar-refractivity contribution in [2.45, 2.75) is 295 Å². The van der Waals surface area contributed by atoms with E-state index >= 15 is 0 Å². The van der Waals surface area contributed by atoms with Gasteiger partial charge in [-0.05, 0) is 51.4 Å². The monoisotopic (exact) mass is 2300 g/mol. The van der Waals surface area contributed by atoms with Crippen LogP contribution in [0.4, 0.5) is 0 Å². The predicted molar refractivity (Wildman–Crippen MR) is 487 cm³/mol. The van der Waals surface area contributed by atoms with Gasteiger partial charge in [-0.25, -0.2) is 0 Å². The summed E-state index contributed by atoms with van der Waals surface area (Å²) in [6.07, 6.45) is -86.5. The summed E-state index contributed by atoms with van der Waals surface area (Å²) in [5.41, 5.74) is 0. The van der Waals surface area contributed by atoms with Crippen molar-refractivity contribution in [2.24, 2.45) is 0 Å². The second kappa shape index (κ2) is 61.4. The Morgan fingerprint density at radius 3 is 0.304 bits per heavy atom. The van der Waals surface area contributed by atoms with E-state index in [1.54, 1.807) is 0 Å². The van der Waals surface area contributed by atoms with Crippen LogP contribution in [0.1, 0.15) is 51.4 Å². The molecule has 0 aromatic heterocycles. The van der Waals surface area contributed by atoms with Crippen LogP contribution in [0.5, 0.6) is 0 Å². The van der Waals surface area contributed by atoms with Crippen molar-refractivity contribution in [3.63, 3.8) is 0 Å². The van der Waals surface area contributed by atoms with Crippen molar-refractivity contribution < 1.29 is 292 Å². The zero-order valence-corrected chi connectivity index (χ0v) is 87.2. The van der Waals surface area contributed by atoms with Crippen LogP contribution in [-0.2, 0) is 87.7 Å². The Morgan fingerprint density at radius 2 is 0.230 bits per heavy atom. The molecule has 8 amide bonds. The van der Waals surface area contributed by atoms with Gasteiger partial charge < -0.3 is 296 Å². The molecule has 8 bridgehead atoms. The number of hydrogen-bond donors (Lipinski definition) is 48. The van der Waals surface area contributed by atoms with Crippen molar-refractivity contribution in [3.05, 3.63) is 0 Å². The molecule has 6 rings (SSSR count). The summed E-state index contributed by atoms with van der Waals surface area (Å²) in [6, 6.07) is -8.17. The van der Waals surface area contributed by atoms with Gasteiger partial charge in [-0.2, -0.15) is 0 Å². The molecule has 76 heteroatoms. The quantitative estimate of drug-likeness (QED) is 0.0199. The molecule has 6 aliphatic heterocycles. The first-order chi connectivity index (χ1) is 69.3. The fourth-order valence-corrected chi connectivity index (χ4v) is 65.4. The number of aliphatic hydroxyl groups is 40. The highest BCUT2D eigenvalue weighted by atomic mass is 28.6. The zero-order chi connectivity index (χ0) is 112. The minimum Gasteiger partial charge on any atom is -0.394 e. The van der Waals surface area contributed by atoms with Gasteiger partial charge in [0.15, 0.2) is 48.8 Å². The molecule has 0 aliphatic carbocycles. The molecule has 6 fully saturated rings. The number of aliphatic hydroxyl groups excluding tert-OH is 40. The highest BCUT2D eigenvalue weighted by molar-refractivity contribution is 7.03. The van der Waals surface area contributed by atoms with Crippen molar-refractivity contribution in [3.8, 4) is 0 Å². The molecule has 68 nitrogen and oxygen atoms in total. The van der Waals surface area contributed by atoms with Crippen molar-refractivity contribution in [1.82, 2.24) is 42.5 Å². The maximum atomic E-state index is 14.0. The topological polar surface area (TPSA) is 1150 Å². The van der Waals surface area contributed by atoms with Gasteiger partial charge in [0.25, 0.3) is 47.3 Å². The maximum absolute atomic E-state index is 14.0. The van der Waals surface area contributed by atoms with Gasteiger partial charge in [-0.3, -0.25) is 38.4 Å². The first-order valence-electron chi connectivity index (χ1n) is 46.6. The molecule has 32 unspecified atom stereocenters. The Balaban J connectivity index is 2.12. The summed E-state index contributed by atoms with van der Waals surface area (Å²) >= 11 is 0. The van der Waals surface area contributed by atoms with Gasteiger partial charge in [-0.1, -0.05) is 0 Å². The third kappa shape index (κ3) is 36.8. The van der Waals surface area contributed by atoms with Crippen molar-refractivity contribution >= 4 is 118 Å². The van der Waals surface area contributed by atoms with Crippen LogP contribution in [-0.4, -0.2) is 622 Å². The summed E-state index contributed by atoms with van der Waals surface area (Å²) in [4.78, 5) is 112. The second-order valence-electron chi connectivity index (χ2n) is 35.3. The fourth-order valence-electron chi connectivity index (χ4n) is 15.0. The average molecular weight is 2310 g/mol. The van der Waals surface area contributed by atoms with Crippen LogP contribution in [0, 0.1) is 0 Å². The Hall–Kier alpha value is -4.58. The molecule has 48 N–H and O–H groups in total. The summed E-state index contributed by atoms with van der Waals surface area (Å²) in [6.45, 7) is -17.1. The van der Waals surface area contributed by atoms with Crippen LogP contribution in [0.3, 0.4) is 0 Å². The highest BCUT2D eigenvalue weighted by Gasteiger charge is 2.83. The molecule has 864 valence electrons. The molecule has 0 radical (unpaired) electrons. The lowest BCUT2D eigenvalue weighted by molar-refractivity contribution is -0.149. The molecular weight excluding hydrogens is 2160 g/mol. The van der Waals surface area contributed by atoms with Gasteiger partial charge in [0.05, 0.1) is 52.9 Å². The lowest BCUT2D eigenvalue weighted by Crippen LogP contribution is -2.88.